The lowest BCUT2D eigenvalue weighted by Gasteiger charge is -2.19. The zero-order chi connectivity index (χ0) is 8.91. The van der Waals surface area contributed by atoms with Crippen LogP contribution >= 0.6 is 30.6 Å². The third-order valence-electron chi connectivity index (χ3n) is 1.06. The summed E-state index contributed by atoms with van der Waals surface area (Å²) < 4.78 is 10.7. The Morgan fingerprint density at radius 1 is 1.27 bits per heavy atom. The first-order chi connectivity index (χ1) is 5.06. The summed E-state index contributed by atoms with van der Waals surface area (Å²) in [5, 5.41) is 5.48. The van der Waals surface area contributed by atoms with Crippen LogP contribution in [0.1, 0.15) is 13.8 Å². The van der Waals surface area contributed by atoms with Gasteiger partial charge in [-0.05, 0) is 0 Å². The molecule has 0 unspecified atom stereocenters. The van der Waals surface area contributed by atoms with E-state index >= 15 is 0 Å². The summed E-state index contributed by atoms with van der Waals surface area (Å²) in [5.41, 5.74) is 0. The molecule has 0 aliphatic carbocycles. The number of nitrogens with one attached hydrogen (secondary N) is 2. The fraction of sp³-hybridized carbons (Fsp3) is 1.00. The Morgan fingerprint density at radius 3 is 1.82 bits per heavy atom. The van der Waals surface area contributed by atoms with Crippen molar-refractivity contribution in [3.05, 3.63) is 0 Å². The van der Waals surface area contributed by atoms with Gasteiger partial charge in [0.25, 0.3) is 0 Å². The van der Waals surface area contributed by atoms with Gasteiger partial charge in [0.05, 0.1) is 0 Å². The van der Waals surface area contributed by atoms with Gasteiger partial charge in [0.2, 0.25) is 7.44 Å². The molecule has 0 heterocycles. The molecule has 0 spiro atoms. The van der Waals surface area contributed by atoms with Gasteiger partial charge in [0.15, 0.2) is 4.58 Å². The second kappa shape index (κ2) is 5.39. The van der Waals surface area contributed by atoms with Crippen molar-refractivity contribution in [1.82, 2.24) is 10.2 Å². The fourth-order valence-electron chi connectivity index (χ4n) is 0.664. The summed E-state index contributed by atoms with van der Waals surface area (Å²) in [6.45, 7) is 4.86. The summed E-state index contributed by atoms with van der Waals surface area (Å²) in [6, 6.07) is 0. The number of halogens is 2. The molecule has 0 fully saturated rings. The molecule has 0 atom stereocenters. The summed E-state index contributed by atoms with van der Waals surface area (Å²) in [6.07, 6.45) is 0. The zero-order valence-electron chi connectivity index (χ0n) is 6.60. The molecule has 11 heavy (non-hydrogen) atoms. The molecule has 0 amide bonds. The molecule has 2 N–H and O–H groups in total. The second-order valence-corrected chi connectivity index (χ2v) is 6.13. The molecule has 0 rings (SSSR count). The van der Waals surface area contributed by atoms with Crippen LogP contribution in [0.15, 0.2) is 0 Å². The van der Waals surface area contributed by atoms with E-state index in [2.05, 4.69) is 10.2 Å². The van der Waals surface area contributed by atoms with E-state index in [1.54, 1.807) is 0 Å². The molecule has 0 aromatic rings. The molecule has 3 nitrogen and oxygen atoms in total. The summed E-state index contributed by atoms with van der Waals surface area (Å²) >= 11 is 11.0. The van der Waals surface area contributed by atoms with Crippen molar-refractivity contribution in [1.29, 1.82) is 0 Å². The smallest absolute Gasteiger partial charge is 0.243 e. The zero-order valence-corrected chi connectivity index (χ0v) is 9.01. The van der Waals surface area contributed by atoms with E-state index in [0.717, 1.165) is 0 Å². The van der Waals surface area contributed by atoms with Gasteiger partial charge < -0.3 is 0 Å². The lowest BCUT2D eigenvalue weighted by molar-refractivity contribution is 0.557. The monoisotopic (exact) mass is 218 g/mol. The van der Waals surface area contributed by atoms with Gasteiger partial charge >= 0.3 is 0 Å². The third kappa shape index (κ3) is 3.77. The molecule has 0 saturated heterocycles. The van der Waals surface area contributed by atoms with E-state index in [9.17, 15) is 4.57 Å². The third-order valence-corrected chi connectivity index (χ3v) is 4.83. The Labute approximate surface area is 77.3 Å². The van der Waals surface area contributed by atoms with E-state index in [4.69, 9.17) is 23.2 Å². The Balaban J connectivity index is 4.14. The Morgan fingerprint density at radius 2 is 1.64 bits per heavy atom. The number of rotatable bonds is 5. The number of hydrogen-bond donors (Lipinski definition) is 2. The predicted molar refractivity (Wildman–Crippen MR) is 50.5 cm³/mol. The maximum atomic E-state index is 11.6. The van der Waals surface area contributed by atoms with Crippen molar-refractivity contribution in [2.24, 2.45) is 0 Å². The van der Waals surface area contributed by atoms with Gasteiger partial charge in [-0.25, -0.2) is 0 Å². The lowest BCUT2D eigenvalue weighted by Crippen LogP contribution is -2.25. The van der Waals surface area contributed by atoms with Crippen LogP contribution < -0.4 is 10.2 Å². The van der Waals surface area contributed by atoms with Gasteiger partial charge in [-0.15, -0.1) is 0 Å². The van der Waals surface area contributed by atoms with Gasteiger partial charge in [-0.2, -0.15) is 0 Å². The van der Waals surface area contributed by atoms with Crippen LogP contribution in [0.4, 0.5) is 0 Å². The average Bonchev–Trinajstić information content (AvgIpc) is 1.88. The highest BCUT2D eigenvalue weighted by Gasteiger charge is 2.27. The van der Waals surface area contributed by atoms with Gasteiger partial charge in [-0.3, -0.25) is 14.7 Å². The first-order valence-electron chi connectivity index (χ1n) is 3.45. The normalized spacial score (nSPS) is 12.5. The molecular weight excluding hydrogens is 206 g/mol. The molecule has 0 bridgehead atoms. The topological polar surface area (TPSA) is 41.1 Å². The van der Waals surface area contributed by atoms with Crippen molar-refractivity contribution in [3.8, 4) is 0 Å². The largest absolute Gasteiger partial charge is 0.286 e. The highest BCUT2D eigenvalue weighted by molar-refractivity contribution is 7.64. The van der Waals surface area contributed by atoms with Crippen molar-refractivity contribution < 1.29 is 4.57 Å². The molecule has 68 valence electrons. The number of hydrogen-bond acceptors (Lipinski definition) is 1. The highest BCUT2D eigenvalue weighted by atomic mass is 35.5. The quantitative estimate of drug-likeness (QED) is 0.549. The maximum absolute atomic E-state index is 11.6. The van der Waals surface area contributed by atoms with Gasteiger partial charge in [-0.1, -0.05) is 37.0 Å². The number of alkyl halides is 2. The summed E-state index contributed by atoms with van der Waals surface area (Å²) in [5.74, 6) is 0. The van der Waals surface area contributed by atoms with Crippen molar-refractivity contribution in [3.63, 3.8) is 0 Å². The Hall–Kier alpha value is 0.730. The minimum Gasteiger partial charge on any atom is -0.286 e. The van der Waals surface area contributed by atoms with Crippen LogP contribution in [0.2, 0.25) is 0 Å². The minimum absolute atomic E-state index is 0.584. The first kappa shape index (κ1) is 11.7. The molecule has 0 aliphatic rings. The molecule has 6 heteroatoms. The molecule has 0 aromatic carbocycles. The molecule has 0 radical (unpaired) electrons. The Bertz CT molecular complexity index is 143. The molecule has 0 saturated carbocycles. The van der Waals surface area contributed by atoms with Crippen LogP contribution in [0.3, 0.4) is 0 Å². The molecular formula is C5H13Cl2N2OP. The standard InChI is InChI=1S/C5H13Cl2N2OP/c1-3-8-11(10,5(6)7)9-4-2/h5H,3-4H2,1-2H3,(H2,8,9,10). The van der Waals surface area contributed by atoms with E-state index in [1.807, 2.05) is 13.8 Å². The van der Waals surface area contributed by atoms with Gasteiger partial charge in [0, 0.05) is 13.1 Å². The fourth-order valence-corrected chi connectivity index (χ4v) is 2.82. The first-order valence-corrected chi connectivity index (χ1v) is 6.09. The van der Waals surface area contributed by atoms with Crippen LogP contribution in [-0.4, -0.2) is 17.7 Å². The maximum Gasteiger partial charge on any atom is 0.243 e. The highest BCUT2D eigenvalue weighted by Crippen LogP contribution is 2.46. The van der Waals surface area contributed by atoms with Crippen LogP contribution in [-0.2, 0) is 4.57 Å². The Kier molecular flexibility index (Phi) is 5.75. The summed E-state index contributed by atoms with van der Waals surface area (Å²) in [7, 11) is -2.76. The van der Waals surface area contributed by atoms with Gasteiger partial charge in [0.1, 0.15) is 0 Å². The van der Waals surface area contributed by atoms with Crippen LogP contribution in [0, 0.1) is 0 Å². The lowest BCUT2D eigenvalue weighted by atomic mass is 10.8. The van der Waals surface area contributed by atoms with Crippen molar-refractivity contribution in [2.75, 3.05) is 13.1 Å². The van der Waals surface area contributed by atoms with E-state index in [-0.39, 0.29) is 0 Å². The average molecular weight is 219 g/mol. The van der Waals surface area contributed by atoms with Crippen LogP contribution in [0.5, 0.6) is 0 Å². The summed E-state index contributed by atoms with van der Waals surface area (Å²) in [4.78, 5) is 0. The predicted octanol–water partition coefficient (Wildman–Crippen LogP) is 2.16. The molecule has 0 aromatic heterocycles. The second-order valence-electron chi connectivity index (χ2n) is 1.96. The van der Waals surface area contributed by atoms with Crippen molar-refractivity contribution in [2.45, 2.75) is 18.4 Å². The van der Waals surface area contributed by atoms with E-state index < -0.39 is 12.0 Å². The van der Waals surface area contributed by atoms with Crippen LogP contribution in [0.25, 0.3) is 0 Å². The molecule has 0 aliphatic heterocycles. The van der Waals surface area contributed by atoms with Crippen molar-refractivity contribution >= 4 is 30.6 Å². The SMILES string of the molecule is CCNP(=O)(NCC)C(Cl)Cl. The van der Waals surface area contributed by atoms with E-state index in [0.29, 0.717) is 13.1 Å². The minimum atomic E-state index is -2.76. The van der Waals surface area contributed by atoms with E-state index in [1.165, 1.54) is 0 Å².